The maximum atomic E-state index is 10.8. The maximum Gasteiger partial charge on any atom is 0.338 e. The van der Waals surface area contributed by atoms with Gasteiger partial charge in [-0.15, -0.1) is 0 Å². The molecule has 0 radical (unpaired) electrons. The van der Waals surface area contributed by atoms with E-state index in [4.69, 9.17) is 10.4 Å². The number of nitro benzene ring substituents is 1. The third kappa shape index (κ3) is 1.94. The summed E-state index contributed by atoms with van der Waals surface area (Å²) in [7, 11) is 0. The number of aromatic carboxylic acids is 1. The van der Waals surface area contributed by atoms with Crippen LogP contribution in [0.15, 0.2) is 16.6 Å². The quantitative estimate of drug-likeness (QED) is 0.653. The molecule has 76 valence electrons. The van der Waals surface area contributed by atoms with Crippen LogP contribution in [-0.2, 0) is 0 Å². The highest BCUT2D eigenvalue weighted by molar-refractivity contribution is 9.10. The van der Waals surface area contributed by atoms with E-state index >= 15 is 0 Å². The molecule has 0 heterocycles. The summed E-state index contributed by atoms with van der Waals surface area (Å²) in [6.07, 6.45) is 0. The zero-order valence-corrected chi connectivity index (χ0v) is 8.69. The van der Waals surface area contributed by atoms with Crippen LogP contribution in [-0.4, -0.2) is 16.0 Å². The normalized spacial score (nSPS) is 9.33. The Morgan fingerprint density at radius 1 is 1.60 bits per heavy atom. The minimum Gasteiger partial charge on any atom is -0.478 e. The van der Waals surface area contributed by atoms with Crippen molar-refractivity contribution >= 4 is 27.6 Å². The highest BCUT2D eigenvalue weighted by Gasteiger charge is 2.23. The molecule has 0 unspecified atom stereocenters. The number of rotatable bonds is 2. The predicted molar refractivity (Wildman–Crippen MR) is 52.5 cm³/mol. The van der Waals surface area contributed by atoms with E-state index in [1.165, 1.54) is 12.1 Å². The molecule has 1 N–H and O–H groups in total. The lowest BCUT2D eigenvalue weighted by Crippen LogP contribution is -2.04. The van der Waals surface area contributed by atoms with Crippen LogP contribution in [0.5, 0.6) is 0 Å². The van der Waals surface area contributed by atoms with E-state index in [1.54, 1.807) is 0 Å². The number of carboxylic acids is 1. The number of halogens is 1. The lowest BCUT2D eigenvalue weighted by Gasteiger charge is -2.01. The molecule has 0 aliphatic rings. The Hall–Kier alpha value is -1.94. The number of hydrogen-bond acceptors (Lipinski definition) is 4. The molecule has 0 saturated heterocycles. The van der Waals surface area contributed by atoms with Gasteiger partial charge in [-0.05, 0) is 22.0 Å². The van der Waals surface area contributed by atoms with Crippen molar-refractivity contribution < 1.29 is 14.8 Å². The highest BCUT2D eigenvalue weighted by Crippen LogP contribution is 2.28. The van der Waals surface area contributed by atoms with Crippen LogP contribution in [0.4, 0.5) is 5.69 Å². The van der Waals surface area contributed by atoms with Gasteiger partial charge in [-0.1, -0.05) is 0 Å². The van der Waals surface area contributed by atoms with Crippen molar-refractivity contribution in [1.82, 2.24) is 0 Å². The van der Waals surface area contributed by atoms with Gasteiger partial charge < -0.3 is 5.11 Å². The molecule has 0 aliphatic heterocycles. The van der Waals surface area contributed by atoms with Crippen LogP contribution in [0.2, 0.25) is 0 Å². The van der Waals surface area contributed by atoms with Crippen LogP contribution in [0.3, 0.4) is 0 Å². The third-order valence-corrected chi connectivity index (χ3v) is 2.32. The number of nitro groups is 1. The molecule has 7 heteroatoms. The third-order valence-electron chi connectivity index (χ3n) is 1.65. The topological polar surface area (TPSA) is 104 Å². The fourth-order valence-electron chi connectivity index (χ4n) is 1.04. The van der Waals surface area contributed by atoms with Crippen LogP contribution in [0.25, 0.3) is 0 Å². The number of benzene rings is 1. The van der Waals surface area contributed by atoms with Crippen molar-refractivity contribution in [2.45, 2.75) is 0 Å². The molecule has 0 amide bonds. The van der Waals surface area contributed by atoms with Gasteiger partial charge in [0.1, 0.15) is 11.6 Å². The lowest BCUT2D eigenvalue weighted by molar-refractivity contribution is -0.385. The van der Waals surface area contributed by atoms with Crippen LogP contribution < -0.4 is 0 Å². The van der Waals surface area contributed by atoms with Gasteiger partial charge in [0.2, 0.25) is 0 Å². The molecule has 0 atom stereocenters. The number of carboxylic acid groups (broad SMARTS) is 1. The van der Waals surface area contributed by atoms with E-state index in [1.807, 2.05) is 0 Å². The largest absolute Gasteiger partial charge is 0.478 e. The Kier molecular flexibility index (Phi) is 3.01. The zero-order chi connectivity index (χ0) is 11.6. The van der Waals surface area contributed by atoms with Gasteiger partial charge in [0.05, 0.1) is 10.5 Å². The van der Waals surface area contributed by atoms with Crippen molar-refractivity contribution in [2.24, 2.45) is 0 Å². The fourth-order valence-corrected chi connectivity index (χ4v) is 1.54. The molecule has 1 aromatic rings. The summed E-state index contributed by atoms with van der Waals surface area (Å²) in [4.78, 5) is 20.5. The fraction of sp³-hybridized carbons (Fsp3) is 0. The Morgan fingerprint density at radius 3 is 2.60 bits per heavy atom. The van der Waals surface area contributed by atoms with Gasteiger partial charge in [-0.2, -0.15) is 5.26 Å². The molecule has 1 aromatic carbocycles. The zero-order valence-electron chi connectivity index (χ0n) is 7.10. The van der Waals surface area contributed by atoms with Gasteiger partial charge in [-0.25, -0.2) is 4.79 Å². The number of nitriles is 1. The minimum atomic E-state index is -1.39. The van der Waals surface area contributed by atoms with E-state index in [0.29, 0.717) is 0 Å². The molecule has 15 heavy (non-hydrogen) atoms. The summed E-state index contributed by atoms with van der Waals surface area (Å²) in [5, 5.41) is 28.0. The molecule has 0 aliphatic carbocycles. The highest BCUT2D eigenvalue weighted by atomic mass is 79.9. The molecule has 0 aromatic heterocycles. The summed E-state index contributed by atoms with van der Waals surface area (Å²) in [6.45, 7) is 0. The average molecular weight is 271 g/mol. The average Bonchev–Trinajstić information content (AvgIpc) is 2.15. The first-order valence-corrected chi connectivity index (χ1v) is 4.38. The van der Waals surface area contributed by atoms with E-state index < -0.39 is 27.7 Å². The minimum absolute atomic E-state index is 0.136. The molecule has 0 saturated carbocycles. The maximum absolute atomic E-state index is 10.8. The monoisotopic (exact) mass is 270 g/mol. The second-order valence-corrected chi connectivity index (χ2v) is 3.34. The van der Waals surface area contributed by atoms with Gasteiger partial charge in [0, 0.05) is 10.5 Å². The van der Waals surface area contributed by atoms with Crippen molar-refractivity contribution in [2.75, 3.05) is 0 Å². The Labute approximate surface area is 92.0 Å². The molecule has 0 fully saturated rings. The van der Waals surface area contributed by atoms with E-state index in [0.717, 1.165) is 6.07 Å². The van der Waals surface area contributed by atoms with Crippen LogP contribution in [0.1, 0.15) is 15.9 Å². The second kappa shape index (κ2) is 4.06. The lowest BCUT2D eigenvalue weighted by atomic mass is 10.1. The first kappa shape index (κ1) is 11.1. The van der Waals surface area contributed by atoms with Crippen LogP contribution in [0, 0.1) is 21.4 Å². The SMILES string of the molecule is N#Cc1c([N+](=O)[O-])ccc(Br)c1C(=O)O. The van der Waals surface area contributed by atoms with Gasteiger partial charge in [0.25, 0.3) is 5.69 Å². The molecule has 0 spiro atoms. The van der Waals surface area contributed by atoms with Crippen molar-refractivity contribution in [3.8, 4) is 6.07 Å². The second-order valence-electron chi connectivity index (χ2n) is 2.49. The van der Waals surface area contributed by atoms with Crippen molar-refractivity contribution in [3.05, 3.63) is 37.8 Å². The van der Waals surface area contributed by atoms with Gasteiger partial charge in [-0.3, -0.25) is 10.1 Å². The van der Waals surface area contributed by atoms with E-state index in [-0.39, 0.29) is 4.47 Å². The summed E-state index contributed by atoms with van der Waals surface area (Å²) in [5.74, 6) is -1.39. The summed E-state index contributed by atoms with van der Waals surface area (Å²) in [5.41, 5.74) is -1.37. The summed E-state index contributed by atoms with van der Waals surface area (Å²) >= 11 is 2.92. The van der Waals surface area contributed by atoms with Gasteiger partial charge in [0.15, 0.2) is 0 Å². The van der Waals surface area contributed by atoms with Crippen molar-refractivity contribution in [1.29, 1.82) is 5.26 Å². The number of nitrogens with zero attached hydrogens (tertiary/aromatic N) is 2. The Balaban J connectivity index is 3.64. The first-order chi connectivity index (χ1) is 6.99. The van der Waals surface area contributed by atoms with Crippen LogP contribution >= 0.6 is 15.9 Å². The smallest absolute Gasteiger partial charge is 0.338 e. The first-order valence-electron chi connectivity index (χ1n) is 3.59. The van der Waals surface area contributed by atoms with Crippen molar-refractivity contribution in [3.63, 3.8) is 0 Å². The number of carbonyl (C=O) groups is 1. The molecule has 1 rings (SSSR count). The number of hydrogen-bond donors (Lipinski definition) is 1. The van der Waals surface area contributed by atoms with Gasteiger partial charge >= 0.3 is 5.97 Å². The van der Waals surface area contributed by atoms with E-state index in [2.05, 4.69) is 15.9 Å². The Bertz CT molecular complexity index is 492. The molecular formula is C8H3BrN2O4. The molecule has 0 bridgehead atoms. The molecule has 6 nitrogen and oxygen atoms in total. The predicted octanol–water partition coefficient (Wildman–Crippen LogP) is 1.93. The Morgan fingerprint density at radius 2 is 2.20 bits per heavy atom. The summed E-state index contributed by atoms with van der Waals surface area (Å²) < 4.78 is 0.136. The standard InChI is InChI=1S/C8H3BrN2O4/c9-5-1-2-6(11(14)15)4(3-10)7(5)8(12)13/h1-2H,(H,12,13). The summed E-state index contributed by atoms with van der Waals surface area (Å²) in [6, 6.07) is 3.82. The van der Waals surface area contributed by atoms with E-state index in [9.17, 15) is 14.9 Å². The molecular weight excluding hydrogens is 268 g/mol.